The highest BCUT2D eigenvalue weighted by atomic mass is 16.5. The fraction of sp³-hybridized carbons (Fsp3) is 0.960. The molecule has 0 aliphatic rings. The third-order valence-electron chi connectivity index (χ3n) is 11.9. The van der Waals surface area contributed by atoms with Crippen LogP contribution < -0.4 is 5.32 Å². The lowest BCUT2D eigenvalue weighted by Crippen LogP contribution is -2.46. The van der Waals surface area contributed by atoms with E-state index in [0.717, 1.165) is 38.5 Å². The van der Waals surface area contributed by atoms with Crippen molar-refractivity contribution in [2.24, 2.45) is 0 Å². The van der Waals surface area contributed by atoms with Gasteiger partial charge in [0.15, 0.2) is 0 Å². The molecular formula is C50H99NO5. The number of unbranched alkanes of at least 4 members (excludes halogenated alkanes) is 34. The van der Waals surface area contributed by atoms with Crippen molar-refractivity contribution in [3.05, 3.63) is 0 Å². The molecule has 0 saturated carbocycles. The molecule has 3 N–H and O–H groups in total. The summed E-state index contributed by atoms with van der Waals surface area (Å²) in [5, 5.41) is 23.7. The maximum absolute atomic E-state index is 13.2. The molecule has 6 heteroatoms. The van der Waals surface area contributed by atoms with Crippen LogP contribution >= 0.6 is 0 Å². The second-order valence-electron chi connectivity index (χ2n) is 17.6. The molecule has 0 rings (SSSR count). The number of rotatable bonds is 46. The summed E-state index contributed by atoms with van der Waals surface area (Å²) in [5.41, 5.74) is 0. The van der Waals surface area contributed by atoms with Gasteiger partial charge in [-0.2, -0.15) is 0 Å². The second kappa shape index (κ2) is 45.0. The number of esters is 1. The third kappa shape index (κ3) is 39.7. The maximum Gasteiger partial charge on any atom is 0.306 e. The molecule has 0 aliphatic heterocycles. The van der Waals surface area contributed by atoms with Gasteiger partial charge >= 0.3 is 5.97 Å². The summed E-state index contributed by atoms with van der Waals surface area (Å²) in [5.74, 6) is -0.453. The van der Waals surface area contributed by atoms with Crippen molar-refractivity contribution < 1.29 is 24.5 Å². The van der Waals surface area contributed by atoms with Gasteiger partial charge in [0.25, 0.3) is 0 Å². The molecule has 0 aromatic carbocycles. The molecule has 6 nitrogen and oxygen atoms in total. The normalized spacial score (nSPS) is 13.2. The lowest BCUT2D eigenvalue weighted by Gasteiger charge is -2.24. The minimum Gasteiger partial charge on any atom is -0.462 e. The number of amides is 1. The lowest BCUT2D eigenvalue weighted by molar-refractivity contribution is -0.151. The Morgan fingerprint density at radius 3 is 1.09 bits per heavy atom. The fourth-order valence-electron chi connectivity index (χ4n) is 8.08. The molecule has 0 aromatic rings. The van der Waals surface area contributed by atoms with Crippen LogP contribution in [0, 0.1) is 0 Å². The van der Waals surface area contributed by atoms with Crippen LogP contribution in [0.1, 0.15) is 284 Å². The number of aliphatic hydroxyl groups excluding tert-OH is 2. The average molecular weight is 794 g/mol. The van der Waals surface area contributed by atoms with E-state index in [0.29, 0.717) is 19.3 Å². The van der Waals surface area contributed by atoms with E-state index in [1.807, 2.05) is 0 Å². The second-order valence-corrected chi connectivity index (χ2v) is 17.6. The van der Waals surface area contributed by atoms with E-state index < -0.39 is 18.2 Å². The van der Waals surface area contributed by atoms with E-state index in [2.05, 4.69) is 26.1 Å². The zero-order valence-electron chi connectivity index (χ0n) is 38.0. The van der Waals surface area contributed by atoms with Gasteiger partial charge in [0.05, 0.1) is 25.2 Å². The minimum atomic E-state index is -0.777. The smallest absolute Gasteiger partial charge is 0.306 e. The standard InChI is InChI=1S/C50H99NO5/c1-4-7-10-13-16-19-21-23-24-26-27-30-32-35-38-41-46(56-50(55)43-40-37-34-31-28-25-22-20-17-14-11-8-5-2)44-49(54)51-47(45-52)48(53)42-39-36-33-29-18-15-12-9-6-3/h46-48,52-53H,4-45H2,1-3H3,(H,51,54). The summed E-state index contributed by atoms with van der Waals surface area (Å²) in [4.78, 5) is 26.1. The number of hydrogen-bond acceptors (Lipinski definition) is 5. The Kier molecular flexibility index (Phi) is 44.0. The van der Waals surface area contributed by atoms with Crippen LogP contribution in [-0.2, 0) is 14.3 Å². The average Bonchev–Trinajstić information content (AvgIpc) is 3.19. The van der Waals surface area contributed by atoms with Crippen LogP contribution in [0.5, 0.6) is 0 Å². The number of hydrogen-bond donors (Lipinski definition) is 3. The van der Waals surface area contributed by atoms with Crippen LogP contribution in [0.15, 0.2) is 0 Å². The molecule has 3 atom stereocenters. The predicted molar refractivity (Wildman–Crippen MR) is 241 cm³/mol. The van der Waals surface area contributed by atoms with Gasteiger partial charge in [0.1, 0.15) is 6.10 Å². The van der Waals surface area contributed by atoms with Crippen LogP contribution in [0.4, 0.5) is 0 Å². The first kappa shape index (κ1) is 54.9. The minimum absolute atomic E-state index is 0.0875. The summed E-state index contributed by atoms with van der Waals surface area (Å²) < 4.78 is 5.93. The number of carbonyl (C=O) groups is 2. The molecule has 3 unspecified atom stereocenters. The number of aliphatic hydroxyl groups is 2. The van der Waals surface area contributed by atoms with E-state index in [4.69, 9.17) is 4.74 Å². The van der Waals surface area contributed by atoms with Crippen LogP contribution in [0.25, 0.3) is 0 Å². The summed E-state index contributed by atoms with van der Waals surface area (Å²) >= 11 is 0. The molecule has 0 fully saturated rings. The largest absolute Gasteiger partial charge is 0.462 e. The number of nitrogens with one attached hydrogen (secondary N) is 1. The van der Waals surface area contributed by atoms with Crippen molar-refractivity contribution in [2.45, 2.75) is 302 Å². The summed E-state index contributed by atoms with van der Waals surface area (Å²) in [6.07, 6.45) is 47.3. The van der Waals surface area contributed by atoms with E-state index in [1.54, 1.807) is 0 Å². The molecule has 0 radical (unpaired) electrons. The van der Waals surface area contributed by atoms with Crippen molar-refractivity contribution in [1.29, 1.82) is 0 Å². The molecule has 0 aliphatic carbocycles. The molecule has 0 spiro atoms. The Morgan fingerprint density at radius 2 is 0.750 bits per heavy atom. The van der Waals surface area contributed by atoms with E-state index in [-0.39, 0.29) is 24.9 Å². The highest BCUT2D eigenvalue weighted by Gasteiger charge is 2.24. The van der Waals surface area contributed by atoms with Crippen molar-refractivity contribution >= 4 is 11.9 Å². The molecule has 1 amide bonds. The monoisotopic (exact) mass is 794 g/mol. The van der Waals surface area contributed by atoms with Gasteiger partial charge in [-0.05, 0) is 25.7 Å². The fourth-order valence-corrected chi connectivity index (χ4v) is 8.08. The zero-order chi connectivity index (χ0) is 41.0. The third-order valence-corrected chi connectivity index (χ3v) is 11.9. The maximum atomic E-state index is 13.2. The van der Waals surface area contributed by atoms with Crippen molar-refractivity contribution in [3.63, 3.8) is 0 Å². The summed E-state index contributed by atoms with van der Waals surface area (Å²) in [7, 11) is 0. The molecule has 334 valence electrons. The number of carbonyl (C=O) groups excluding carboxylic acids is 2. The van der Waals surface area contributed by atoms with Crippen LogP contribution in [-0.4, -0.2) is 46.9 Å². The molecule has 0 bridgehead atoms. The molecule has 0 saturated heterocycles. The summed E-state index contributed by atoms with van der Waals surface area (Å²) in [6, 6.07) is -0.690. The van der Waals surface area contributed by atoms with Gasteiger partial charge in [0.2, 0.25) is 5.91 Å². The summed E-state index contributed by atoms with van der Waals surface area (Å²) in [6.45, 7) is 6.49. The van der Waals surface area contributed by atoms with Crippen LogP contribution in [0.3, 0.4) is 0 Å². The van der Waals surface area contributed by atoms with E-state index in [1.165, 1.54) is 199 Å². The van der Waals surface area contributed by atoms with Crippen molar-refractivity contribution in [2.75, 3.05) is 6.61 Å². The topological polar surface area (TPSA) is 95.9 Å². The highest BCUT2D eigenvalue weighted by molar-refractivity contribution is 5.77. The van der Waals surface area contributed by atoms with E-state index >= 15 is 0 Å². The van der Waals surface area contributed by atoms with Gasteiger partial charge in [-0.3, -0.25) is 9.59 Å². The van der Waals surface area contributed by atoms with Gasteiger partial charge in [-0.15, -0.1) is 0 Å². The van der Waals surface area contributed by atoms with Crippen molar-refractivity contribution in [1.82, 2.24) is 5.32 Å². The lowest BCUT2D eigenvalue weighted by atomic mass is 10.0. The zero-order valence-corrected chi connectivity index (χ0v) is 38.0. The van der Waals surface area contributed by atoms with E-state index in [9.17, 15) is 19.8 Å². The predicted octanol–water partition coefficient (Wildman–Crippen LogP) is 14.8. The first-order chi connectivity index (χ1) is 27.5. The quantitative estimate of drug-likeness (QED) is 0.0421. The molecule has 0 heterocycles. The Bertz CT molecular complexity index is 806. The van der Waals surface area contributed by atoms with Gasteiger partial charge < -0.3 is 20.3 Å². The number of ether oxygens (including phenoxy) is 1. The molecule has 0 aromatic heterocycles. The van der Waals surface area contributed by atoms with Crippen LogP contribution in [0.2, 0.25) is 0 Å². The van der Waals surface area contributed by atoms with Crippen molar-refractivity contribution in [3.8, 4) is 0 Å². The Balaban J connectivity index is 4.52. The first-order valence-corrected chi connectivity index (χ1v) is 25.3. The SMILES string of the molecule is CCCCCCCCCCCCCCCCCC(CC(=O)NC(CO)C(O)CCCCCCCCCCC)OC(=O)CCCCCCCCCCCCCCC. The Hall–Kier alpha value is -1.14. The first-order valence-electron chi connectivity index (χ1n) is 25.3. The Morgan fingerprint density at radius 1 is 0.446 bits per heavy atom. The van der Waals surface area contributed by atoms with Gasteiger partial charge in [0, 0.05) is 6.42 Å². The Labute approximate surface area is 349 Å². The highest BCUT2D eigenvalue weighted by Crippen LogP contribution is 2.19. The molecule has 56 heavy (non-hydrogen) atoms. The van der Waals surface area contributed by atoms with Gasteiger partial charge in [-0.25, -0.2) is 0 Å². The van der Waals surface area contributed by atoms with Gasteiger partial charge in [-0.1, -0.05) is 245 Å². The molecular weight excluding hydrogens is 695 g/mol.